The molecule has 1 aromatic carbocycles. The van der Waals surface area contributed by atoms with Crippen molar-refractivity contribution < 1.29 is 23.8 Å². The Hall–Kier alpha value is -2.44. The second-order valence-corrected chi connectivity index (χ2v) is 7.69. The number of rotatable bonds is 4. The van der Waals surface area contributed by atoms with Crippen LogP contribution in [0.3, 0.4) is 0 Å². The summed E-state index contributed by atoms with van der Waals surface area (Å²) < 4.78 is 16.0. The minimum Gasteiger partial charge on any atom is -0.493 e. The first-order chi connectivity index (χ1) is 12.7. The second kappa shape index (κ2) is 8.50. The van der Waals surface area contributed by atoms with Gasteiger partial charge in [0.2, 0.25) is 0 Å². The van der Waals surface area contributed by atoms with Crippen LogP contribution in [0.2, 0.25) is 0 Å². The summed E-state index contributed by atoms with van der Waals surface area (Å²) in [6.07, 6.45) is 1.08. The lowest BCUT2D eigenvalue weighted by Gasteiger charge is -2.33. The lowest BCUT2D eigenvalue weighted by Crippen LogP contribution is -2.47. The molecule has 1 aliphatic heterocycles. The molecule has 1 heterocycles. The largest absolute Gasteiger partial charge is 0.493 e. The topological polar surface area (TPSA) is 77.1 Å². The molecule has 7 heteroatoms. The van der Waals surface area contributed by atoms with Crippen molar-refractivity contribution in [3.8, 4) is 11.5 Å². The van der Waals surface area contributed by atoms with Crippen molar-refractivity contribution in [3.05, 3.63) is 23.3 Å². The molecule has 1 aliphatic rings. The van der Waals surface area contributed by atoms with Crippen LogP contribution in [0, 0.1) is 6.92 Å². The molecule has 0 radical (unpaired) electrons. The van der Waals surface area contributed by atoms with Crippen molar-refractivity contribution in [3.63, 3.8) is 0 Å². The molecule has 0 aliphatic carbocycles. The molecule has 2 amide bonds. The van der Waals surface area contributed by atoms with Gasteiger partial charge in [0.1, 0.15) is 5.60 Å². The average Bonchev–Trinajstić information content (AvgIpc) is 2.60. The maximum atomic E-state index is 12.7. The fraction of sp³-hybridized carbons (Fsp3) is 0.600. The standard InChI is InChI=1S/C20H30N2O5/c1-13-15(7-8-16(25-5)17(13)26-6)18(23)21-14-9-11-22(12-10-14)19(24)27-20(2,3)4/h7-8,14H,9-12H2,1-6H3,(H,21,23). The van der Waals surface area contributed by atoms with Crippen LogP contribution in [0.1, 0.15) is 49.5 Å². The van der Waals surface area contributed by atoms with Gasteiger partial charge in [0.05, 0.1) is 14.2 Å². The molecule has 0 spiro atoms. The quantitative estimate of drug-likeness (QED) is 0.871. The second-order valence-electron chi connectivity index (χ2n) is 7.69. The summed E-state index contributed by atoms with van der Waals surface area (Å²) in [7, 11) is 3.12. The van der Waals surface area contributed by atoms with E-state index in [0.29, 0.717) is 43.0 Å². The van der Waals surface area contributed by atoms with Crippen LogP contribution in [0.5, 0.6) is 11.5 Å². The van der Waals surface area contributed by atoms with E-state index in [1.165, 1.54) is 0 Å². The molecule has 1 aromatic rings. The predicted molar refractivity (Wildman–Crippen MR) is 103 cm³/mol. The first-order valence-corrected chi connectivity index (χ1v) is 9.16. The van der Waals surface area contributed by atoms with Crippen LogP contribution in [0.4, 0.5) is 4.79 Å². The molecule has 1 saturated heterocycles. The fourth-order valence-corrected chi connectivity index (χ4v) is 3.12. The number of hydrogen-bond donors (Lipinski definition) is 1. The van der Waals surface area contributed by atoms with Crippen LogP contribution in [-0.2, 0) is 4.74 Å². The highest BCUT2D eigenvalue weighted by molar-refractivity contribution is 5.96. The third kappa shape index (κ3) is 5.28. The van der Waals surface area contributed by atoms with E-state index in [-0.39, 0.29) is 18.0 Å². The maximum absolute atomic E-state index is 12.7. The monoisotopic (exact) mass is 378 g/mol. The zero-order valence-electron chi connectivity index (χ0n) is 17.0. The van der Waals surface area contributed by atoms with Crippen molar-refractivity contribution in [2.24, 2.45) is 0 Å². The molecule has 1 fully saturated rings. The van der Waals surface area contributed by atoms with E-state index >= 15 is 0 Å². The van der Waals surface area contributed by atoms with Gasteiger partial charge in [0, 0.05) is 30.3 Å². The average molecular weight is 378 g/mol. The molecule has 0 saturated carbocycles. The molecule has 0 atom stereocenters. The van der Waals surface area contributed by atoms with Crippen molar-refractivity contribution in [2.75, 3.05) is 27.3 Å². The number of piperidine rings is 1. The summed E-state index contributed by atoms with van der Waals surface area (Å²) in [5, 5.41) is 3.06. The predicted octanol–water partition coefficient (Wildman–Crippen LogP) is 3.14. The summed E-state index contributed by atoms with van der Waals surface area (Å²) in [6.45, 7) is 8.51. The van der Waals surface area contributed by atoms with Gasteiger partial charge in [0.15, 0.2) is 11.5 Å². The summed E-state index contributed by atoms with van der Waals surface area (Å²) in [6, 6.07) is 3.48. The highest BCUT2D eigenvalue weighted by atomic mass is 16.6. The number of ether oxygens (including phenoxy) is 3. The molecule has 1 N–H and O–H groups in total. The van der Waals surface area contributed by atoms with Crippen LogP contribution < -0.4 is 14.8 Å². The Morgan fingerprint density at radius 1 is 1.11 bits per heavy atom. The fourth-order valence-electron chi connectivity index (χ4n) is 3.12. The normalized spacial score (nSPS) is 15.3. The molecule has 27 heavy (non-hydrogen) atoms. The number of nitrogens with one attached hydrogen (secondary N) is 1. The minimum atomic E-state index is -0.507. The van der Waals surface area contributed by atoms with Crippen molar-refractivity contribution in [1.82, 2.24) is 10.2 Å². The summed E-state index contributed by atoms with van der Waals surface area (Å²) in [5.74, 6) is 1.01. The van der Waals surface area contributed by atoms with Crippen molar-refractivity contribution in [1.29, 1.82) is 0 Å². The molecule has 2 rings (SSSR count). The maximum Gasteiger partial charge on any atom is 0.410 e. The SMILES string of the molecule is COc1ccc(C(=O)NC2CCN(C(=O)OC(C)(C)C)CC2)c(C)c1OC. The summed E-state index contributed by atoms with van der Waals surface area (Å²) in [5.41, 5.74) is 0.787. The molecule has 0 bridgehead atoms. The number of carbonyl (C=O) groups is 2. The smallest absolute Gasteiger partial charge is 0.410 e. The minimum absolute atomic E-state index is 0.0173. The van der Waals surface area contributed by atoms with Crippen LogP contribution >= 0.6 is 0 Å². The van der Waals surface area contributed by atoms with Gasteiger partial charge < -0.3 is 24.4 Å². The molecule has 0 unspecified atom stereocenters. The number of nitrogens with zero attached hydrogens (tertiary/aromatic N) is 1. The Bertz CT molecular complexity index is 688. The molecule has 150 valence electrons. The number of methoxy groups -OCH3 is 2. The van der Waals surface area contributed by atoms with Gasteiger partial charge in [-0.2, -0.15) is 0 Å². The number of carbonyl (C=O) groups excluding carboxylic acids is 2. The molecule has 7 nitrogen and oxygen atoms in total. The van der Waals surface area contributed by atoms with Crippen LogP contribution in [0.15, 0.2) is 12.1 Å². The van der Waals surface area contributed by atoms with Gasteiger partial charge in [0.25, 0.3) is 5.91 Å². The number of benzene rings is 1. The molecular formula is C20H30N2O5. The number of hydrogen-bond acceptors (Lipinski definition) is 5. The Morgan fingerprint density at radius 2 is 1.74 bits per heavy atom. The van der Waals surface area contributed by atoms with E-state index in [1.807, 2.05) is 27.7 Å². The molecular weight excluding hydrogens is 348 g/mol. The Morgan fingerprint density at radius 3 is 2.26 bits per heavy atom. The van der Waals surface area contributed by atoms with E-state index in [0.717, 1.165) is 5.56 Å². The van der Waals surface area contributed by atoms with Gasteiger partial charge in [-0.15, -0.1) is 0 Å². The summed E-state index contributed by atoms with van der Waals surface area (Å²) in [4.78, 5) is 26.5. The lowest BCUT2D eigenvalue weighted by atomic mass is 10.0. The number of amides is 2. The zero-order valence-corrected chi connectivity index (χ0v) is 17.0. The highest BCUT2D eigenvalue weighted by Crippen LogP contribution is 2.32. The first kappa shape index (κ1) is 20.9. The van der Waals surface area contributed by atoms with Gasteiger partial charge in [-0.3, -0.25) is 4.79 Å². The van der Waals surface area contributed by atoms with Gasteiger partial charge in [-0.1, -0.05) is 0 Å². The third-order valence-corrected chi connectivity index (χ3v) is 4.52. The first-order valence-electron chi connectivity index (χ1n) is 9.16. The van der Waals surface area contributed by atoms with E-state index in [4.69, 9.17) is 14.2 Å². The van der Waals surface area contributed by atoms with Gasteiger partial charge in [-0.05, 0) is 52.7 Å². The van der Waals surface area contributed by atoms with E-state index in [2.05, 4.69) is 5.32 Å². The Kier molecular flexibility index (Phi) is 6.57. The van der Waals surface area contributed by atoms with Crippen molar-refractivity contribution in [2.45, 2.75) is 52.2 Å². The van der Waals surface area contributed by atoms with Gasteiger partial charge in [-0.25, -0.2) is 4.79 Å². The summed E-state index contributed by atoms with van der Waals surface area (Å²) >= 11 is 0. The Balaban J connectivity index is 1.96. The van der Waals surface area contributed by atoms with Gasteiger partial charge >= 0.3 is 6.09 Å². The highest BCUT2D eigenvalue weighted by Gasteiger charge is 2.28. The van der Waals surface area contributed by atoms with E-state index < -0.39 is 5.60 Å². The van der Waals surface area contributed by atoms with Crippen LogP contribution in [0.25, 0.3) is 0 Å². The van der Waals surface area contributed by atoms with E-state index in [9.17, 15) is 9.59 Å². The zero-order chi connectivity index (χ0) is 20.2. The molecule has 0 aromatic heterocycles. The van der Waals surface area contributed by atoms with Crippen LogP contribution in [-0.4, -0.2) is 55.9 Å². The lowest BCUT2D eigenvalue weighted by molar-refractivity contribution is 0.0199. The number of likely N-dealkylation sites (tertiary alicyclic amines) is 1. The Labute approximate surface area is 161 Å². The van der Waals surface area contributed by atoms with E-state index in [1.54, 1.807) is 31.3 Å². The third-order valence-electron chi connectivity index (χ3n) is 4.52. The van der Waals surface area contributed by atoms with Crippen molar-refractivity contribution >= 4 is 12.0 Å².